The number of benzene rings is 2. The van der Waals surface area contributed by atoms with Gasteiger partial charge in [0.05, 0.1) is 19.3 Å². The highest BCUT2D eigenvalue weighted by Gasteiger charge is 2.60. The maximum atomic E-state index is 13.4. The zero-order valence-electron chi connectivity index (χ0n) is 13.5. The summed E-state index contributed by atoms with van der Waals surface area (Å²) in [5.74, 6) is 0.607. The van der Waals surface area contributed by atoms with E-state index in [-0.39, 0.29) is 17.3 Å². The van der Waals surface area contributed by atoms with Crippen LogP contribution in [0.25, 0.3) is 0 Å². The van der Waals surface area contributed by atoms with E-state index in [2.05, 4.69) is 0 Å². The van der Waals surface area contributed by atoms with Crippen molar-refractivity contribution in [1.29, 1.82) is 0 Å². The summed E-state index contributed by atoms with van der Waals surface area (Å²) in [6.07, 6.45) is -5.12. The Labute approximate surface area is 151 Å². The van der Waals surface area contributed by atoms with Crippen molar-refractivity contribution >= 4 is 23.3 Å². The fraction of sp³-hybridized carbons (Fsp3) is 0.235. The molecule has 2 aromatic rings. The minimum atomic E-state index is -5.12. The van der Waals surface area contributed by atoms with E-state index >= 15 is 0 Å². The van der Waals surface area contributed by atoms with E-state index in [1.165, 1.54) is 19.2 Å². The van der Waals surface area contributed by atoms with E-state index in [1.54, 1.807) is 29.6 Å². The first-order valence-corrected chi connectivity index (χ1v) is 7.85. The van der Waals surface area contributed by atoms with Crippen LogP contribution in [0.2, 0.25) is 5.02 Å². The molecule has 1 atom stereocenters. The van der Waals surface area contributed by atoms with E-state index in [9.17, 15) is 23.1 Å². The molecule has 0 aliphatic carbocycles. The second kappa shape index (κ2) is 6.37. The first-order chi connectivity index (χ1) is 12.2. The Kier molecular flexibility index (Phi) is 4.49. The number of alkyl halides is 3. The molecule has 9 heteroatoms. The maximum Gasteiger partial charge on any atom is 0.441 e. The molecule has 1 aliphatic heterocycles. The van der Waals surface area contributed by atoms with Crippen LogP contribution in [0.4, 0.5) is 23.7 Å². The number of carbonyl (C=O) groups is 1. The molecule has 26 heavy (non-hydrogen) atoms. The van der Waals surface area contributed by atoms with Crippen molar-refractivity contribution < 1.29 is 27.8 Å². The molecule has 2 aromatic carbocycles. The van der Waals surface area contributed by atoms with Crippen molar-refractivity contribution in [2.24, 2.45) is 0 Å². The fourth-order valence-electron chi connectivity index (χ4n) is 2.73. The van der Waals surface area contributed by atoms with Crippen LogP contribution >= 0.6 is 11.6 Å². The Morgan fingerprint density at radius 1 is 1.23 bits per heavy atom. The average Bonchev–Trinajstić information content (AvgIpc) is 2.58. The highest BCUT2D eigenvalue weighted by Crippen LogP contribution is 2.45. The van der Waals surface area contributed by atoms with Gasteiger partial charge >= 0.3 is 12.2 Å². The molecule has 1 heterocycles. The lowest BCUT2D eigenvalue weighted by Crippen LogP contribution is -2.62. The highest BCUT2D eigenvalue weighted by atomic mass is 35.5. The third-order valence-corrected chi connectivity index (χ3v) is 4.32. The monoisotopic (exact) mass is 386 g/mol. The number of hydrogen-bond acceptors (Lipinski definition) is 3. The Morgan fingerprint density at radius 2 is 1.88 bits per heavy atom. The molecule has 2 amide bonds. The van der Waals surface area contributed by atoms with Crippen LogP contribution in [0.3, 0.4) is 0 Å². The topological polar surface area (TPSA) is 61.8 Å². The summed E-state index contributed by atoms with van der Waals surface area (Å²) in [5.41, 5.74) is -3.46. The van der Waals surface area contributed by atoms with E-state index < -0.39 is 23.5 Å². The molecule has 0 saturated heterocycles. The molecule has 0 spiro atoms. The second-order valence-corrected chi connectivity index (χ2v) is 6.17. The number of rotatable bonds is 3. The van der Waals surface area contributed by atoms with Gasteiger partial charge in [-0.15, -0.1) is 0 Å². The minimum absolute atomic E-state index is 0.00159. The van der Waals surface area contributed by atoms with Gasteiger partial charge in [-0.3, -0.25) is 10.2 Å². The van der Waals surface area contributed by atoms with Crippen molar-refractivity contribution in [2.45, 2.75) is 18.4 Å². The van der Waals surface area contributed by atoms with Gasteiger partial charge in [0.2, 0.25) is 0 Å². The summed E-state index contributed by atoms with van der Waals surface area (Å²) >= 11 is 5.81. The van der Waals surface area contributed by atoms with E-state index in [1.807, 2.05) is 0 Å². The number of ether oxygens (including phenoxy) is 1. The van der Waals surface area contributed by atoms with Gasteiger partial charge < -0.3 is 9.84 Å². The molecule has 0 fully saturated rings. The number of halogens is 4. The van der Waals surface area contributed by atoms with Gasteiger partial charge in [0.25, 0.3) is 5.72 Å². The van der Waals surface area contributed by atoms with E-state index in [0.29, 0.717) is 11.3 Å². The Bertz CT molecular complexity index is 842. The van der Waals surface area contributed by atoms with Crippen molar-refractivity contribution in [1.82, 2.24) is 5.32 Å². The predicted molar refractivity (Wildman–Crippen MR) is 89.1 cm³/mol. The molecule has 1 aliphatic rings. The predicted octanol–water partition coefficient (Wildman–Crippen LogP) is 3.79. The molecule has 0 bridgehead atoms. The van der Waals surface area contributed by atoms with Gasteiger partial charge in [-0.2, -0.15) is 13.2 Å². The lowest BCUT2D eigenvalue weighted by molar-refractivity contribution is -0.275. The number of nitrogens with one attached hydrogen (secondary N) is 1. The van der Waals surface area contributed by atoms with Gasteiger partial charge in [0.15, 0.2) is 0 Å². The molecule has 3 rings (SSSR count). The van der Waals surface area contributed by atoms with Gasteiger partial charge in [-0.25, -0.2) is 4.79 Å². The van der Waals surface area contributed by atoms with Crippen LogP contribution in [-0.2, 0) is 12.3 Å². The lowest BCUT2D eigenvalue weighted by Gasteiger charge is -2.41. The minimum Gasteiger partial charge on any atom is -0.497 e. The zero-order chi connectivity index (χ0) is 19.1. The zero-order valence-corrected chi connectivity index (χ0v) is 14.2. The SMILES string of the molecule is COc1ccc(CN2C(=O)NC(O)(C(F)(F)F)c3cc(Cl)ccc32)cc1. The standard InChI is InChI=1S/C17H14ClF3N2O3/c1-26-12-5-2-10(3-6-12)9-23-14-7-4-11(18)8-13(14)16(25,17(19,20)21)22-15(23)24/h2-8,25H,9H2,1H3,(H,22,24). The number of nitrogens with zero attached hydrogens (tertiary/aromatic N) is 1. The van der Waals surface area contributed by atoms with Crippen LogP contribution in [0.1, 0.15) is 11.1 Å². The number of hydrogen-bond donors (Lipinski definition) is 2. The quantitative estimate of drug-likeness (QED) is 0.843. The number of urea groups is 1. The van der Waals surface area contributed by atoms with Crippen molar-refractivity contribution in [3.63, 3.8) is 0 Å². The van der Waals surface area contributed by atoms with E-state index in [0.717, 1.165) is 11.0 Å². The van der Waals surface area contributed by atoms with Gasteiger partial charge in [-0.1, -0.05) is 23.7 Å². The van der Waals surface area contributed by atoms with Crippen LogP contribution in [0.5, 0.6) is 5.75 Å². The van der Waals surface area contributed by atoms with Crippen LogP contribution in [0.15, 0.2) is 42.5 Å². The average molecular weight is 387 g/mol. The van der Waals surface area contributed by atoms with Gasteiger partial charge in [0, 0.05) is 10.6 Å². The summed E-state index contributed by atoms with van der Waals surface area (Å²) < 4.78 is 45.3. The summed E-state index contributed by atoms with van der Waals surface area (Å²) in [7, 11) is 1.51. The Morgan fingerprint density at radius 3 is 2.46 bits per heavy atom. The first-order valence-electron chi connectivity index (χ1n) is 7.47. The van der Waals surface area contributed by atoms with Crippen molar-refractivity contribution in [3.05, 3.63) is 58.6 Å². The molecular weight excluding hydrogens is 373 g/mol. The first kappa shape index (κ1) is 18.3. The number of anilines is 1. The second-order valence-electron chi connectivity index (χ2n) is 5.73. The molecule has 0 radical (unpaired) electrons. The molecular formula is C17H14ClF3N2O3. The smallest absolute Gasteiger partial charge is 0.441 e. The largest absolute Gasteiger partial charge is 0.497 e. The Hall–Kier alpha value is -2.45. The summed E-state index contributed by atoms with van der Waals surface area (Å²) in [6, 6.07) is 9.27. The normalized spacial score (nSPS) is 19.8. The maximum absolute atomic E-state index is 13.4. The molecule has 0 aromatic heterocycles. The molecule has 138 valence electrons. The van der Waals surface area contributed by atoms with Crippen LogP contribution in [0, 0.1) is 0 Å². The molecule has 2 N–H and O–H groups in total. The number of methoxy groups -OCH3 is 1. The van der Waals surface area contributed by atoms with Gasteiger partial charge in [0.1, 0.15) is 5.75 Å². The number of amides is 2. The number of fused-ring (bicyclic) bond motifs is 1. The van der Waals surface area contributed by atoms with Gasteiger partial charge in [-0.05, 0) is 35.9 Å². The summed E-state index contributed by atoms with van der Waals surface area (Å²) in [6.45, 7) is -0.00159. The lowest BCUT2D eigenvalue weighted by atomic mass is 9.96. The summed E-state index contributed by atoms with van der Waals surface area (Å²) in [4.78, 5) is 13.4. The number of carbonyl (C=O) groups excluding carboxylic acids is 1. The number of aliphatic hydroxyl groups is 1. The van der Waals surface area contributed by atoms with Crippen molar-refractivity contribution in [3.8, 4) is 5.75 Å². The third-order valence-electron chi connectivity index (χ3n) is 4.08. The third kappa shape index (κ3) is 3.06. The van der Waals surface area contributed by atoms with Crippen LogP contribution in [-0.4, -0.2) is 24.4 Å². The molecule has 1 unspecified atom stereocenters. The van der Waals surface area contributed by atoms with Crippen molar-refractivity contribution in [2.75, 3.05) is 12.0 Å². The van der Waals surface area contributed by atoms with Crippen LogP contribution < -0.4 is 15.0 Å². The molecule has 5 nitrogen and oxygen atoms in total. The fourth-order valence-corrected chi connectivity index (χ4v) is 2.90. The van der Waals surface area contributed by atoms with E-state index in [4.69, 9.17) is 16.3 Å². The Balaban J connectivity index is 2.04. The molecule has 0 saturated carbocycles. The summed E-state index contributed by atoms with van der Waals surface area (Å²) in [5, 5.41) is 11.8. The highest BCUT2D eigenvalue weighted by molar-refractivity contribution is 6.30.